The largest absolute Gasteiger partial charge is 0.456 e. The Balaban J connectivity index is 1.29. The summed E-state index contributed by atoms with van der Waals surface area (Å²) in [6, 6.07) is 13.9. The number of alkyl halides is 3. The summed E-state index contributed by atoms with van der Waals surface area (Å²) in [5, 5.41) is 5.79. The van der Waals surface area contributed by atoms with Crippen LogP contribution in [0.15, 0.2) is 59.0 Å². The van der Waals surface area contributed by atoms with E-state index in [1.165, 1.54) is 12.1 Å². The topological polar surface area (TPSA) is 98.1 Å². The van der Waals surface area contributed by atoms with Crippen LogP contribution in [0, 0.1) is 6.92 Å². The molecule has 0 spiro atoms. The van der Waals surface area contributed by atoms with Crippen LogP contribution in [0.1, 0.15) is 64.0 Å². The number of benzene rings is 2. The van der Waals surface area contributed by atoms with E-state index in [1.807, 2.05) is 11.8 Å². The minimum Gasteiger partial charge on any atom is -0.456 e. The lowest BCUT2D eigenvalue weighted by atomic mass is 10.0. The number of furan rings is 1. The first-order chi connectivity index (χ1) is 21.5. The molecule has 240 valence electrons. The number of hydrogen-bond acceptors (Lipinski definition) is 6. The Kier molecular flexibility index (Phi) is 9.81. The third-order valence-corrected chi connectivity index (χ3v) is 8.33. The number of carbonyl (C=O) groups excluding carboxylic acids is 3. The molecule has 2 aliphatic heterocycles. The van der Waals surface area contributed by atoms with Crippen molar-refractivity contribution in [2.45, 2.75) is 51.9 Å². The fourth-order valence-electron chi connectivity index (χ4n) is 5.91. The maximum absolute atomic E-state index is 13.6. The predicted octanol–water partition coefficient (Wildman–Crippen LogP) is 5.31. The van der Waals surface area contributed by atoms with Crippen molar-refractivity contribution in [2.75, 3.05) is 49.5 Å². The van der Waals surface area contributed by atoms with E-state index in [0.29, 0.717) is 68.3 Å². The zero-order valence-corrected chi connectivity index (χ0v) is 25.5. The molecule has 0 bridgehead atoms. The number of nitrogens with one attached hydrogen (secondary N) is 2. The SMILES string of the molecule is Cc1ccc(C(=O)Nc2cc(C(=O)NCCCN3CCCC3=O)ccc2N2CCN(Cc3ccccc3C(F)(F)F)[C@@H](C)C2)o1. The number of aryl methyl sites for hydroxylation is 1. The Morgan fingerprint density at radius 2 is 1.82 bits per heavy atom. The highest BCUT2D eigenvalue weighted by Gasteiger charge is 2.34. The van der Waals surface area contributed by atoms with Crippen LogP contribution in [0.2, 0.25) is 0 Å². The van der Waals surface area contributed by atoms with E-state index in [2.05, 4.69) is 15.5 Å². The van der Waals surface area contributed by atoms with Crippen LogP contribution in [-0.2, 0) is 17.5 Å². The van der Waals surface area contributed by atoms with Gasteiger partial charge in [0.05, 0.1) is 16.9 Å². The smallest absolute Gasteiger partial charge is 0.416 e. The molecule has 2 aliphatic rings. The molecule has 5 rings (SSSR count). The molecule has 0 saturated carbocycles. The lowest BCUT2D eigenvalue weighted by Gasteiger charge is -2.42. The summed E-state index contributed by atoms with van der Waals surface area (Å²) in [5.41, 5.74) is 1.08. The molecule has 3 amide bonds. The average Bonchev–Trinajstić information content (AvgIpc) is 3.63. The Hall–Kier alpha value is -4.32. The van der Waals surface area contributed by atoms with Crippen LogP contribution < -0.4 is 15.5 Å². The van der Waals surface area contributed by atoms with E-state index in [-0.39, 0.29) is 35.7 Å². The van der Waals surface area contributed by atoms with Crippen LogP contribution in [0.4, 0.5) is 24.5 Å². The lowest BCUT2D eigenvalue weighted by Crippen LogP contribution is -2.51. The first-order valence-electron chi connectivity index (χ1n) is 15.2. The number of rotatable bonds is 10. The van der Waals surface area contributed by atoms with Gasteiger partial charge >= 0.3 is 6.18 Å². The summed E-state index contributed by atoms with van der Waals surface area (Å²) in [6.45, 7) is 7.10. The van der Waals surface area contributed by atoms with Gasteiger partial charge in [-0.3, -0.25) is 19.3 Å². The number of carbonyl (C=O) groups is 3. The van der Waals surface area contributed by atoms with Gasteiger partial charge in [-0.1, -0.05) is 18.2 Å². The molecule has 3 aromatic rings. The number of halogens is 3. The van der Waals surface area contributed by atoms with Crippen LogP contribution in [0.5, 0.6) is 0 Å². The number of piperazine rings is 1. The Bertz CT molecular complexity index is 1540. The molecule has 2 aromatic carbocycles. The summed E-state index contributed by atoms with van der Waals surface area (Å²) < 4.78 is 46.3. The predicted molar refractivity (Wildman–Crippen MR) is 164 cm³/mol. The summed E-state index contributed by atoms with van der Waals surface area (Å²) in [5.74, 6) is 0.0885. The molecule has 0 aliphatic carbocycles. The molecular weight excluding hydrogens is 587 g/mol. The second-order valence-corrected chi connectivity index (χ2v) is 11.6. The Morgan fingerprint density at radius 1 is 1.02 bits per heavy atom. The van der Waals surface area contributed by atoms with E-state index in [1.54, 1.807) is 48.2 Å². The zero-order chi connectivity index (χ0) is 32.1. The standard InChI is InChI=1S/C33H38F3N5O4/c1-22-20-41(18-17-40(22)21-25-7-3-4-8-26(25)33(34,35)36)28-12-11-24(19-27(28)38-32(44)29-13-10-23(2)45-29)31(43)37-14-6-16-39-15-5-9-30(39)42/h3-4,7-8,10-13,19,22H,5-6,9,14-18,20-21H2,1-2H3,(H,37,43)(H,38,44)/t22-/m0/s1. The fourth-order valence-corrected chi connectivity index (χ4v) is 5.91. The van der Waals surface area contributed by atoms with Crippen molar-refractivity contribution in [3.63, 3.8) is 0 Å². The first-order valence-corrected chi connectivity index (χ1v) is 15.2. The molecule has 0 radical (unpaired) electrons. The summed E-state index contributed by atoms with van der Waals surface area (Å²) in [4.78, 5) is 43.9. The monoisotopic (exact) mass is 625 g/mol. The van der Waals surface area contributed by atoms with Gasteiger partial charge in [-0.05, 0) is 68.7 Å². The number of likely N-dealkylation sites (tertiary alicyclic amines) is 1. The summed E-state index contributed by atoms with van der Waals surface area (Å²) >= 11 is 0. The van der Waals surface area contributed by atoms with Crippen molar-refractivity contribution in [3.8, 4) is 0 Å². The first kappa shape index (κ1) is 32.1. The lowest BCUT2D eigenvalue weighted by molar-refractivity contribution is -0.138. The molecule has 2 N–H and O–H groups in total. The van der Waals surface area contributed by atoms with Gasteiger partial charge in [-0.15, -0.1) is 0 Å². The van der Waals surface area contributed by atoms with Crippen molar-refractivity contribution in [3.05, 3.63) is 82.8 Å². The highest BCUT2D eigenvalue weighted by Crippen LogP contribution is 2.34. The minimum absolute atomic E-state index is 0.0956. The van der Waals surface area contributed by atoms with Crippen LogP contribution in [0.3, 0.4) is 0 Å². The van der Waals surface area contributed by atoms with Gasteiger partial charge in [0.15, 0.2) is 5.76 Å². The fraction of sp³-hybridized carbons (Fsp3) is 0.424. The molecule has 12 heteroatoms. The summed E-state index contributed by atoms with van der Waals surface area (Å²) in [6.07, 6.45) is -2.36. The second-order valence-electron chi connectivity index (χ2n) is 11.6. The van der Waals surface area contributed by atoms with Crippen molar-refractivity contribution in [2.24, 2.45) is 0 Å². The molecule has 1 aromatic heterocycles. The van der Waals surface area contributed by atoms with Crippen LogP contribution >= 0.6 is 0 Å². The third-order valence-electron chi connectivity index (χ3n) is 8.33. The van der Waals surface area contributed by atoms with Crippen molar-refractivity contribution < 1.29 is 32.0 Å². The van der Waals surface area contributed by atoms with Crippen molar-refractivity contribution in [1.82, 2.24) is 15.1 Å². The maximum Gasteiger partial charge on any atom is 0.416 e. The second kappa shape index (κ2) is 13.8. The van der Waals surface area contributed by atoms with Gasteiger partial charge in [0.1, 0.15) is 5.76 Å². The molecule has 9 nitrogen and oxygen atoms in total. The van der Waals surface area contributed by atoms with Gasteiger partial charge in [-0.25, -0.2) is 0 Å². The van der Waals surface area contributed by atoms with Crippen molar-refractivity contribution >= 4 is 29.1 Å². The van der Waals surface area contributed by atoms with Crippen LogP contribution in [0.25, 0.3) is 0 Å². The normalized spacial score (nSPS) is 17.5. The van der Waals surface area contributed by atoms with E-state index in [0.717, 1.165) is 19.0 Å². The van der Waals surface area contributed by atoms with Gasteiger partial charge in [0.25, 0.3) is 11.8 Å². The maximum atomic E-state index is 13.6. The number of hydrogen-bond donors (Lipinski definition) is 2. The quantitative estimate of drug-likeness (QED) is 0.297. The van der Waals surface area contributed by atoms with Gasteiger partial charge in [0, 0.05) is 63.8 Å². The van der Waals surface area contributed by atoms with Gasteiger partial charge in [0.2, 0.25) is 5.91 Å². The number of amides is 3. The number of nitrogens with zero attached hydrogens (tertiary/aromatic N) is 3. The average molecular weight is 626 g/mol. The van der Waals surface area contributed by atoms with Crippen LogP contribution in [-0.4, -0.2) is 72.8 Å². The Morgan fingerprint density at radius 3 is 2.51 bits per heavy atom. The number of anilines is 2. The molecule has 3 heterocycles. The van der Waals surface area contributed by atoms with Gasteiger partial charge < -0.3 is 24.9 Å². The summed E-state index contributed by atoms with van der Waals surface area (Å²) in [7, 11) is 0. The minimum atomic E-state index is -4.43. The molecule has 1 atom stereocenters. The van der Waals surface area contributed by atoms with E-state index in [4.69, 9.17) is 4.42 Å². The highest BCUT2D eigenvalue weighted by molar-refractivity contribution is 6.05. The molecular formula is C33H38F3N5O4. The van der Waals surface area contributed by atoms with Crippen molar-refractivity contribution in [1.29, 1.82) is 0 Å². The van der Waals surface area contributed by atoms with E-state index in [9.17, 15) is 27.6 Å². The molecule has 0 unspecified atom stereocenters. The third kappa shape index (κ3) is 7.86. The Labute approximate surface area is 260 Å². The molecule has 2 saturated heterocycles. The molecule has 45 heavy (non-hydrogen) atoms. The molecule has 2 fully saturated rings. The van der Waals surface area contributed by atoms with E-state index < -0.39 is 17.6 Å². The van der Waals surface area contributed by atoms with Gasteiger partial charge in [-0.2, -0.15) is 13.2 Å². The zero-order valence-electron chi connectivity index (χ0n) is 25.5. The van der Waals surface area contributed by atoms with E-state index >= 15 is 0 Å². The highest BCUT2D eigenvalue weighted by atomic mass is 19.4.